The topological polar surface area (TPSA) is 60.3 Å². The van der Waals surface area contributed by atoms with Gasteiger partial charge in [-0.2, -0.15) is 5.10 Å². The minimum absolute atomic E-state index is 0.259. The predicted molar refractivity (Wildman–Crippen MR) is 102 cm³/mol. The summed E-state index contributed by atoms with van der Waals surface area (Å²) in [5.74, 6) is 0.830. The van der Waals surface area contributed by atoms with Crippen molar-refractivity contribution in [1.29, 1.82) is 0 Å². The van der Waals surface area contributed by atoms with Crippen LogP contribution < -0.4 is 15.4 Å². The Balaban J connectivity index is 1.42. The molecule has 2 N–H and O–H groups in total. The number of hydrogen-bond acceptors (Lipinski definition) is 4. The lowest BCUT2D eigenvalue weighted by molar-refractivity contribution is 0.114. The number of aryl methyl sites for hydroxylation is 1. The molecule has 1 atom stereocenters. The van der Waals surface area contributed by atoms with Crippen molar-refractivity contribution < 1.29 is 9.47 Å². The van der Waals surface area contributed by atoms with Crippen LogP contribution in [0, 0.1) is 0 Å². The number of ether oxygens (including phenoxy) is 2. The van der Waals surface area contributed by atoms with Crippen LogP contribution in [0.1, 0.15) is 25.3 Å². The Morgan fingerprint density at radius 1 is 1.40 bits per heavy atom. The monoisotopic (exact) mass is 360 g/mol. The molecule has 0 radical (unpaired) electrons. The quantitative estimate of drug-likeness (QED) is 0.741. The fraction of sp³-hybridized carbons (Fsp3) is 0.444. The number of nitrogens with zero attached hydrogens (tertiary/aromatic N) is 2. The summed E-state index contributed by atoms with van der Waals surface area (Å²) in [6.45, 7) is 4.06. The predicted octanol–water partition coefficient (Wildman–Crippen LogP) is 2.95. The van der Waals surface area contributed by atoms with Gasteiger partial charge in [0, 0.05) is 13.2 Å². The summed E-state index contributed by atoms with van der Waals surface area (Å²) < 4.78 is 13.0. The Morgan fingerprint density at radius 2 is 2.24 bits per heavy atom. The summed E-state index contributed by atoms with van der Waals surface area (Å²) in [7, 11) is 0. The maximum absolute atomic E-state index is 5.73. The molecular weight excluding hydrogens is 336 g/mol. The highest BCUT2D eigenvalue weighted by molar-refractivity contribution is 7.80. The van der Waals surface area contributed by atoms with Crippen LogP contribution in [-0.2, 0) is 17.9 Å². The van der Waals surface area contributed by atoms with Gasteiger partial charge in [0.2, 0.25) is 0 Å². The van der Waals surface area contributed by atoms with Crippen molar-refractivity contribution in [2.45, 2.75) is 39.0 Å². The molecule has 0 spiro atoms. The number of aromatic nitrogens is 2. The molecule has 0 saturated carbocycles. The van der Waals surface area contributed by atoms with Crippen LogP contribution in [0.5, 0.6) is 5.75 Å². The van der Waals surface area contributed by atoms with Crippen LogP contribution in [0.15, 0.2) is 36.7 Å². The van der Waals surface area contributed by atoms with E-state index in [1.807, 2.05) is 18.3 Å². The fourth-order valence-electron chi connectivity index (χ4n) is 2.65. The molecular formula is C18H24N4O2S. The number of anilines is 1. The third-order valence-electron chi connectivity index (χ3n) is 4.10. The second kappa shape index (κ2) is 8.82. The van der Waals surface area contributed by atoms with Gasteiger partial charge in [0.05, 0.1) is 24.2 Å². The first-order chi connectivity index (χ1) is 12.2. The minimum atomic E-state index is 0.259. The summed E-state index contributed by atoms with van der Waals surface area (Å²) in [6.07, 6.45) is 7.08. The van der Waals surface area contributed by atoms with E-state index < -0.39 is 0 Å². The molecule has 1 unspecified atom stereocenters. The van der Waals surface area contributed by atoms with Gasteiger partial charge >= 0.3 is 0 Å². The van der Waals surface area contributed by atoms with Crippen molar-refractivity contribution in [3.8, 4) is 5.75 Å². The first-order valence-electron chi connectivity index (χ1n) is 8.63. The molecule has 3 rings (SSSR count). The molecule has 1 aliphatic rings. The molecule has 1 fully saturated rings. The third-order valence-corrected chi connectivity index (χ3v) is 4.35. The van der Waals surface area contributed by atoms with E-state index in [2.05, 4.69) is 34.8 Å². The molecule has 1 aliphatic heterocycles. The molecule has 1 aromatic heterocycles. The Morgan fingerprint density at radius 3 is 2.96 bits per heavy atom. The highest BCUT2D eigenvalue weighted by Crippen LogP contribution is 2.14. The summed E-state index contributed by atoms with van der Waals surface area (Å²) in [5.41, 5.74) is 2.12. The number of rotatable bonds is 7. The minimum Gasteiger partial charge on any atom is -0.471 e. The van der Waals surface area contributed by atoms with Crippen molar-refractivity contribution in [2.24, 2.45) is 0 Å². The Kier molecular flexibility index (Phi) is 6.25. The molecule has 25 heavy (non-hydrogen) atoms. The normalized spacial score (nSPS) is 16.6. The van der Waals surface area contributed by atoms with Crippen molar-refractivity contribution in [2.75, 3.05) is 18.5 Å². The summed E-state index contributed by atoms with van der Waals surface area (Å²) in [5, 5.41) is 11.2. The van der Waals surface area contributed by atoms with E-state index in [-0.39, 0.29) is 6.10 Å². The van der Waals surface area contributed by atoms with Crippen molar-refractivity contribution in [1.82, 2.24) is 15.1 Å². The molecule has 0 bridgehead atoms. The zero-order valence-corrected chi connectivity index (χ0v) is 15.2. The molecule has 7 heteroatoms. The zero-order chi connectivity index (χ0) is 17.5. The van der Waals surface area contributed by atoms with Gasteiger partial charge in [0.15, 0.2) is 11.8 Å². The molecule has 1 aromatic carbocycles. The van der Waals surface area contributed by atoms with Crippen LogP contribution in [0.3, 0.4) is 0 Å². The first kappa shape index (κ1) is 17.7. The van der Waals surface area contributed by atoms with E-state index in [1.54, 1.807) is 10.9 Å². The van der Waals surface area contributed by atoms with Crippen LogP contribution >= 0.6 is 12.2 Å². The molecule has 1 saturated heterocycles. The number of hydrogen-bond donors (Lipinski definition) is 2. The smallest absolute Gasteiger partial charge is 0.180 e. The van der Waals surface area contributed by atoms with Crippen molar-refractivity contribution in [3.63, 3.8) is 0 Å². The number of benzene rings is 1. The van der Waals surface area contributed by atoms with Gasteiger partial charge in [-0.1, -0.05) is 19.1 Å². The average molecular weight is 360 g/mol. The van der Waals surface area contributed by atoms with E-state index in [9.17, 15) is 0 Å². The van der Waals surface area contributed by atoms with E-state index in [4.69, 9.17) is 21.7 Å². The Bertz CT molecular complexity index is 681. The van der Waals surface area contributed by atoms with Gasteiger partial charge in [-0.05, 0) is 49.2 Å². The van der Waals surface area contributed by atoms with Crippen LogP contribution in [0.25, 0.3) is 0 Å². The van der Waals surface area contributed by atoms with Gasteiger partial charge in [-0.3, -0.25) is 0 Å². The van der Waals surface area contributed by atoms with Crippen molar-refractivity contribution >= 4 is 23.0 Å². The van der Waals surface area contributed by atoms with Gasteiger partial charge in [0.1, 0.15) is 5.75 Å². The SMILES string of the molecule is CCc1ccc(OCn2cc(NC(=S)NCC3CCCO3)cn2)cc1. The van der Waals surface area contributed by atoms with E-state index in [1.165, 1.54) is 5.56 Å². The van der Waals surface area contributed by atoms with E-state index in [0.29, 0.717) is 11.8 Å². The first-order valence-corrected chi connectivity index (χ1v) is 9.04. The van der Waals surface area contributed by atoms with E-state index in [0.717, 1.165) is 43.9 Å². The molecule has 6 nitrogen and oxygen atoms in total. The maximum Gasteiger partial charge on any atom is 0.180 e. The molecule has 2 heterocycles. The number of nitrogens with one attached hydrogen (secondary N) is 2. The summed E-state index contributed by atoms with van der Waals surface area (Å²) >= 11 is 5.30. The van der Waals surface area contributed by atoms with E-state index >= 15 is 0 Å². The number of thiocarbonyl (C=S) groups is 1. The highest BCUT2D eigenvalue weighted by Gasteiger charge is 2.15. The van der Waals surface area contributed by atoms with Crippen LogP contribution in [0.2, 0.25) is 0 Å². The maximum atomic E-state index is 5.73. The average Bonchev–Trinajstić information content (AvgIpc) is 3.30. The highest BCUT2D eigenvalue weighted by atomic mass is 32.1. The summed E-state index contributed by atoms with van der Waals surface area (Å²) in [4.78, 5) is 0. The largest absolute Gasteiger partial charge is 0.471 e. The second-order valence-electron chi connectivity index (χ2n) is 6.01. The van der Waals surface area contributed by atoms with Crippen molar-refractivity contribution in [3.05, 3.63) is 42.2 Å². The molecule has 0 amide bonds. The van der Waals surface area contributed by atoms with Gasteiger partial charge in [-0.15, -0.1) is 0 Å². The van der Waals surface area contributed by atoms with Gasteiger partial charge < -0.3 is 20.1 Å². The second-order valence-corrected chi connectivity index (χ2v) is 6.42. The molecule has 0 aliphatic carbocycles. The Labute approximate surface area is 153 Å². The van der Waals surface area contributed by atoms with Gasteiger partial charge in [-0.25, -0.2) is 4.68 Å². The lowest BCUT2D eigenvalue weighted by Crippen LogP contribution is -2.34. The fourth-order valence-corrected chi connectivity index (χ4v) is 2.85. The van der Waals surface area contributed by atoms with Crippen LogP contribution in [-0.4, -0.2) is 34.1 Å². The zero-order valence-electron chi connectivity index (χ0n) is 14.4. The van der Waals surface area contributed by atoms with Gasteiger partial charge in [0.25, 0.3) is 0 Å². The lowest BCUT2D eigenvalue weighted by Gasteiger charge is -2.13. The molecule has 134 valence electrons. The lowest BCUT2D eigenvalue weighted by atomic mass is 10.2. The Hall–Kier alpha value is -2.12. The van der Waals surface area contributed by atoms with Crippen LogP contribution in [0.4, 0.5) is 5.69 Å². The summed E-state index contributed by atoms with van der Waals surface area (Å²) in [6, 6.07) is 8.10. The third kappa shape index (κ3) is 5.44. The molecule has 2 aromatic rings. The standard InChI is InChI=1S/C18H24N4O2S/c1-2-14-5-7-16(8-6-14)24-13-22-12-15(10-20-22)21-18(25)19-11-17-4-3-9-23-17/h5-8,10,12,17H,2-4,9,11,13H2,1H3,(H2,19,21,25).